The Morgan fingerprint density at radius 1 is 1.43 bits per heavy atom. The molecule has 0 saturated carbocycles. The number of aliphatic hydroxyl groups is 1. The van der Waals surface area contributed by atoms with Crippen LogP contribution < -0.4 is 5.32 Å². The fourth-order valence-electron chi connectivity index (χ4n) is 1.80. The van der Waals surface area contributed by atoms with E-state index in [1.807, 2.05) is 13.0 Å². The molecule has 1 rings (SSSR count). The summed E-state index contributed by atoms with van der Waals surface area (Å²) in [6, 6.07) is 5.39. The normalized spacial score (nSPS) is 10.1. The van der Waals surface area contributed by atoms with Gasteiger partial charge in [0.1, 0.15) is 6.61 Å². The van der Waals surface area contributed by atoms with Crippen molar-refractivity contribution in [3.8, 4) is 11.8 Å². The highest BCUT2D eigenvalue weighted by atomic mass is 16.5. The van der Waals surface area contributed by atoms with E-state index in [0.29, 0.717) is 31.2 Å². The summed E-state index contributed by atoms with van der Waals surface area (Å²) >= 11 is 0. The molecule has 4 nitrogen and oxygen atoms in total. The molecule has 0 unspecified atom stereocenters. The van der Waals surface area contributed by atoms with Crippen LogP contribution in [0.5, 0.6) is 0 Å². The Hall–Kier alpha value is -1.83. The third-order valence-corrected chi connectivity index (χ3v) is 2.86. The summed E-state index contributed by atoms with van der Waals surface area (Å²) < 4.78 is 5.42. The van der Waals surface area contributed by atoms with Crippen LogP contribution in [-0.4, -0.2) is 37.4 Å². The summed E-state index contributed by atoms with van der Waals surface area (Å²) in [5.41, 5.74) is 2.18. The maximum absolute atomic E-state index is 12.1. The lowest BCUT2D eigenvalue weighted by Crippen LogP contribution is -2.28. The van der Waals surface area contributed by atoms with Gasteiger partial charge in [0.15, 0.2) is 0 Å². The Morgan fingerprint density at radius 3 is 2.86 bits per heavy atom. The number of hydrogen-bond donors (Lipinski definition) is 2. The van der Waals surface area contributed by atoms with E-state index in [2.05, 4.69) is 31.0 Å². The minimum absolute atomic E-state index is 0.131. The number of rotatable bonds is 6. The molecular formula is C17H23NO3. The largest absolute Gasteiger partial charge is 0.384 e. The first-order valence-electron chi connectivity index (χ1n) is 7.11. The number of nitrogens with one attached hydrogen (secondary N) is 1. The molecule has 0 radical (unpaired) electrons. The molecule has 0 saturated heterocycles. The van der Waals surface area contributed by atoms with Crippen molar-refractivity contribution in [1.82, 2.24) is 5.32 Å². The number of benzene rings is 1. The topological polar surface area (TPSA) is 58.6 Å². The second kappa shape index (κ2) is 9.17. The first kappa shape index (κ1) is 17.2. The number of aliphatic hydroxyl groups excluding tert-OH is 1. The van der Waals surface area contributed by atoms with Gasteiger partial charge in [0.2, 0.25) is 0 Å². The van der Waals surface area contributed by atoms with E-state index in [0.717, 1.165) is 11.1 Å². The zero-order valence-electron chi connectivity index (χ0n) is 12.9. The monoisotopic (exact) mass is 289 g/mol. The lowest BCUT2D eigenvalue weighted by Gasteiger charge is -2.10. The van der Waals surface area contributed by atoms with Crippen molar-refractivity contribution in [2.75, 3.05) is 26.4 Å². The first-order valence-corrected chi connectivity index (χ1v) is 7.11. The SMILES string of the molecule is Cc1c(C#CCO)cccc1C(=O)NCCOCC(C)C. The first-order chi connectivity index (χ1) is 10.1. The second-order valence-electron chi connectivity index (χ2n) is 5.16. The number of ether oxygens (including phenoxy) is 1. The van der Waals surface area contributed by atoms with Gasteiger partial charge >= 0.3 is 0 Å². The van der Waals surface area contributed by atoms with Crippen LogP contribution >= 0.6 is 0 Å². The van der Waals surface area contributed by atoms with E-state index in [-0.39, 0.29) is 12.5 Å². The highest BCUT2D eigenvalue weighted by molar-refractivity contribution is 5.96. The van der Waals surface area contributed by atoms with E-state index in [1.165, 1.54) is 0 Å². The molecule has 114 valence electrons. The zero-order valence-corrected chi connectivity index (χ0v) is 12.9. The van der Waals surface area contributed by atoms with E-state index in [1.54, 1.807) is 12.1 Å². The minimum atomic E-state index is -0.191. The van der Waals surface area contributed by atoms with Gasteiger partial charge in [-0.1, -0.05) is 31.8 Å². The van der Waals surface area contributed by atoms with Gasteiger partial charge in [0, 0.05) is 24.3 Å². The molecule has 0 aliphatic carbocycles. The average molecular weight is 289 g/mol. The van der Waals surface area contributed by atoms with E-state index >= 15 is 0 Å². The lowest BCUT2D eigenvalue weighted by atomic mass is 10.0. The van der Waals surface area contributed by atoms with Gasteiger partial charge in [-0.2, -0.15) is 0 Å². The van der Waals surface area contributed by atoms with E-state index in [9.17, 15) is 4.79 Å². The quantitative estimate of drug-likeness (QED) is 0.619. The molecule has 0 heterocycles. The van der Waals surface area contributed by atoms with Gasteiger partial charge in [-0.05, 0) is 30.5 Å². The van der Waals surface area contributed by atoms with Crippen molar-refractivity contribution in [2.45, 2.75) is 20.8 Å². The molecule has 0 spiro atoms. The Labute approximate surface area is 126 Å². The van der Waals surface area contributed by atoms with Crippen molar-refractivity contribution >= 4 is 5.91 Å². The Balaban J connectivity index is 2.58. The number of hydrogen-bond acceptors (Lipinski definition) is 3. The summed E-state index contributed by atoms with van der Waals surface area (Å²) in [6.45, 7) is 7.52. The molecule has 0 atom stereocenters. The van der Waals surface area contributed by atoms with E-state index < -0.39 is 0 Å². The van der Waals surface area contributed by atoms with Gasteiger partial charge in [0.05, 0.1) is 6.61 Å². The summed E-state index contributed by atoms with van der Waals surface area (Å²) in [5.74, 6) is 5.80. The summed E-state index contributed by atoms with van der Waals surface area (Å²) in [4.78, 5) is 12.1. The van der Waals surface area contributed by atoms with Crippen LogP contribution in [0.4, 0.5) is 0 Å². The maximum Gasteiger partial charge on any atom is 0.251 e. The van der Waals surface area contributed by atoms with Crippen LogP contribution in [0.25, 0.3) is 0 Å². The van der Waals surface area contributed by atoms with Crippen molar-refractivity contribution in [3.05, 3.63) is 34.9 Å². The Bertz CT molecular complexity index is 527. The number of amides is 1. The standard InChI is InChI=1S/C17H23NO3/c1-13(2)12-21-11-9-18-17(20)16-8-4-6-15(14(16)3)7-5-10-19/h4,6,8,13,19H,9-12H2,1-3H3,(H,18,20). The summed E-state index contributed by atoms with van der Waals surface area (Å²) in [6.07, 6.45) is 0. The predicted molar refractivity (Wildman–Crippen MR) is 83.1 cm³/mol. The highest BCUT2D eigenvalue weighted by Crippen LogP contribution is 2.12. The van der Waals surface area contributed by atoms with E-state index in [4.69, 9.17) is 9.84 Å². The fraction of sp³-hybridized carbons (Fsp3) is 0.471. The van der Waals surface area contributed by atoms with Crippen LogP contribution in [0.15, 0.2) is 18.2 Å². The maximum atomic E-state index is 12.1. The van der Waals surface area contributed by atoms with Gasteiger partial charge in [-0.25, -0.2) is 0 Å². The van der Waals surface area contributed by atoms with Crippen molar-refractivity contribution in [3.63, 3.8) is 0 Å². The molecule has 2 N–H and O–H groups in total. The predicted octanol–water partition coefficient (Wildman–Crippen LogP) is 1.74. The molecule has 0 bridgehead atoms. The van der Waals surface area contributed by atoms with Gasteiger partial charge in [0.25, 0.3) is 5.91 Å². The molecule has 1 aromatic rings. The van der Waals surface area contributed by atoms with Crippen LogP contribution in [0.2, 0.25) is 0 Å². The van der Waals surface area contributed by atoms with Crippen molar-refractivity contribution < 1.29 is 14.6 Å². The Morgan fingerprint density at radius 2 is 2.19 bits per heavy atom. The second-order valence-corrected chi connectivity index (χ2v) is 5.16. The minimum Gasteiger partial charge on any atom is -0.384 e. The number of carbonyl (C=O) groups is 1. The van der Waals surface area contributed by atoms with Gasteiger partial charge < -0.3 is 15.2 Å². The van der Waals surface area contributed by atoms with Crippen molar-refractivity contribution in [1.29, 1.82) is 0 Å². The molecule has 1 aromatic carbocycles. The third kappa shape index (κ3) is 5.99. The van der Waals surface area contributed by atoms with Crippen LogP contribution in [0.1, 0.15) is 35.3 Å². The molecule has 1 amide bonds. The molecule has 0 aliphatic rings. The van der Waals surface area contributed by atoms with Gasteiger partial charge in [-0.3, -0.25) is 4.79 Å². The summed E-state index contributed by atoms with van der Waals surface area (Å²) in [7, 11) is 0. The molecule has 0 fully saturated rings. The zero-order chi connectivity index (χ0) is 15.7. The third-order valence-electron chi connectivity index (χ3n) is 2.86. The molecule has 21 heavy (non-hydrogen) atoms. The van der Waals surface area contributed by atoms with Crippen LogP contribution in [0, 0.1) is 24.7 Å². The lowest BCUT2D eigenvalue weighted by molar-refractivity contribution is 0.0885. The van der Waals surface area contributed by atoms with Crippen molar-refractivity contribution in [2.24, 2.45) is 5.92 Å². The van der Waals surface area contributed by atoms with Crippen LogP contribution in [0.3, 0.4) is 0 Å². The number of carbonyl (C=O) groups excluding carboxylic acids is 1. The summed E-state index contributed by atoms with van der Waals surface area (Å²) in [5, 5.41) is 11.6. The molecular weight excluding hydrogens is 266 g/mol. The fourth-order valence-corrected chi connectivity index (χ4v) is 1.80. The van der Waals surface area contributed by atoms with Crippen LogP contribution in [-0.2, 0) is 4.74 Å². The highest BCUT2D eigenvalue weighted by Gasteiger charge is 2.10. The molecule has 0 aliphatic heterocycles. The average Bonchev–Trinajstić information content (AvgIpc) is 2.45. The smallest absolute Gasteiger partial charge is 0.251 e. The Kier molecular flexibility index (Phi) is 7.52. The molecule has 0 aromatic heterocycles. The van der Waals surface area contributed by atoms with Gasteiger partial charge in [-0.15, -0.1) is 0 Å². The molecule has 4 heteroatoms.